The molecule has 5 rings (SSSR count). The maximum Gasteiger partial charge on any atom is 0.247 e. The van der Waals surface area contributed by atoms with Crippen molar-refractivity contribution in [3.8, 4) is 11.5 Å². The maximum absolute atomic E-state index is 13.8. The number of methoxy groups -OCH3 is 1. The lowest BCUT2D eigenvalue weighted by Gasteiger charge is -2.61. The van der Waals surface area contributed by atoms with E-state index in [2.05, 4.69) is 25.7 Å². The van der Waals surface area contributed by atoms with Crippen LogP contribution in [0.5, 0.6) is 11.5 Å². The molecule has 0 aliphatic heterocycles. The molecule has 0 spiro atoms. The Morgan fingerprint density at radius 1 is 1.29 bits per heavy atom. The van der Waals surface area contributed by atoms with Gasteiger partial charge in [-0.15, -0.1) is 6.58 Å². The molecule has 4 aliphatic rings. The van der Waals surface area contributed by atoms with E-state index in [0.29, 0.717) is 57.3 Å². The highest BCUT2D eigenvalue weighted by Gasteiger charge is 2.55. The molecule has 9 nitrogen and oxygen atoms in total. The summed E-state index contributed by atoms with van der Waals surface area (Å²) >= 11 is 2.04. The zero-order chi connectivity index (χ0) is 30.6. The number of amides is 2. The van der Waals surface area contributed by atoms with Crippen molar-refractivity contribution in [2.45, 2.75) is 70.6 Å². The number of allylic oxidation sites excluding steroid dienone is 1. The molecule has 2 bridgehead atoms. The summed E-state index contributed by atoms with van der Waals surface area (Å²) in [6, 6.07) is 2.50. The number of benzene rings is 1. The number of carbonyl (C=O) groups is 3. The molecule has 6 unspecified atom stereocenters. The molecule has 6 atom stereocenters. The van der Waals surface area contributed by atoms with Crippen LogP contribution in [0.1, 0.15) is 62.7 Å². The molecule has 230 valence electrons. The highest BCUT2D eigenvalue weighted by molar-refractivity contribution is 14.1. The number of nitrogens with zero attached hydrogens (tertiary/aromatic N) is 1. The van der Waals surface area contributed by atoms with Gasteiger partial charge in [0.25, 0.3) is 0 Å². The van der Waals surface area contributed by atoms with Crippen LogP contribution < -0.4 is 14.8 Å². The third kappa shape index (κ3) is 6.70. The Labute approximate surface area is 261 Å². The van der Waals surface area contributed by atoms with Gasteiger partial charge in [-0.25, -0.2) is 0 Å². The fourth-order valence-corrected chi connectivity index (χ4v) is 7.82. The monoisotopic (exact) mass is 694 g/mol. The molecule has 3 saturated carbocycles. The van der Waals surface area contributed by atoms with Crippen molar-refractivity contribution in [3.05, 3.63) is 45.6 Å². The summed E-state index contributed by atoms with van der Waals surface area (Å²) in [5, 5.41) is 23.8. The molecule has 0 aromatic heterocycles. The number of ether oxygens (including phenoxy) is 2. The number of rotatable bonds is 13. The second kappa shape index (κ2) is 13.9. The first-order valence-corrected chi connectivity index (χ1v) is 15.8. The summed E-state index contributed by atoms with van der Waals surface area (Å²) in [6.07, 6.45) is 6.15. The van der Waals surface area contributed by atoms with Crippen molar-refractivity contribution >= 4 is 40.7 Å². The highest BCUT2D eigenvalue weighted by Crippen LogP contribution is 2.61. The second-order valence-corrected chi connectivity index (χ2v) is 13.4. The zero-order valence-electron chi connectivity index (χ0n) is 24.7. The van der Waals surface area contributed by atoms with E-state index in [1.807, 2.05) is 22.6 Å². The van der Waals surface area contributed by atoms with Gasteiger partial charge in [0.15, 0.2) is 11.5 Å². The molecule has 1 aromatic carbocycles. The molecule has 0 radical (unpaired) electrons. The van der Waals surface area contributed by atoms with Gasteiger partial charge in [-0.2, -0.15) is 0 Å². The van der Waals surface area contributed by atoms with E-state index in [1.54, 1.807) is 29.2 Å². The van der Waals surface area contributed by atoms with Gasteiger partial charge in [0, 0.05) is 37.1 Å². The minimum atomic E-state index is -1.14. The van der Waals surface area contributed by atoms with Gasteiger partial charge in [-0.05, 0) is 89.7 Å². The average Bonchev–Trinajstić information content (AvgIpc) is 2.99. The van der Waals surface area contributed by atoms with Crippen LogP contribution in [-0.2, 0) is 9.59 Å². The summed E-state index contributed by atoms with van der Waals surface area (Å²) in [7, 11) is 1.47. The molecule has 0 saturated heterocycles. The Morgan fingerprint density at radius 2 is 2.05 bits per heavy atom. The van der Waals surface area contributed by atoms with Gasteiger partial charge >= 0.3 is 0 Å². The van der Waals surface area contributed by atoms with E-state index >= 15 is 0 Å². The molecule has 0 heterocycles. The Morgan fingerprint density at radius 3 is 2.67 bits per heavy atom. The minimum absolute atomic E-state index is 0.0791. The van der Waals surface area contributed by atoms with E-state index in [4.69, 9.17) is 9.47 Å². The van der Waals surface area contributed by atoms with Crippen LogP contribution in [0.15, 0.2) is 36.4 Å². The quantitative estimate of drug-likeness (QED) is 0.163. The van der Waals surface area contributed by atoms with Gasteiger partial charge < -0.3 is 29.9 Å². The Hall–Kier alpha value is -2.44. The zero-order valence-corrected chi connectivity index (χ0v) is 26.8. The number of hydrogen-bond acceptors (Lipinski definition) is 7. The van der Waals surface area contributed by atoms with E-state index in [9.17, 15) is 24.6 Å². The van der Waals surface area contributed by atoms with Crippen LogP contribution >= 0.6 is 22.6 Å². The van der Waals surface area contributed by atoms with Crippen molar-refractivity contribution in [2.24, 2.45) is 23.2 Å². The Balaban J connectivity index is 1.69. The highest BCUT2D eigenvalue weighted by atomic mass is 127. The van der Waals surface area contributed by atoms with E-state index in [-0.39, 0.29) is 43.2 Å². The van der Waals surface area contributed by atoms with Gasteiger partial charge in [-0.1, -0.05) is 19.9 Å². The standard InChI is InChI=1S/C32H43IN2O7/c1-5-6-7-28(38)35(17-20-8-9-22-16-23(20)32(22,2)3)25-14-21(31(40)34-10-11-36)15-26(29(25)39)42-30-24(33)12-19(18-37)13-27(30)41-4/h5,12-13,15,18,20,22-23,25-26,29,36,39H,1,6-11,14,16-17H2,2-4H3,(H,34,40). The van der Waals surface area contributed by atoms with E-state index in [0.717, 1.165) is 25.2 Å². The molecular weight excluding hydrogens is 651 g/mol. The van der Waals surface area contributed by atoms with Crippen LogP contribution in [0.25, 0.3) is 0 Å². The molecule has 1 aromatic rings. The minimum Gasteiger partial charge on any atom is -0.493 e. The first kappa shape index (κ1) is 32.5. The van der Waals surface area contributed by atoms with Gasteiger partial charge in [0.1, 0.15) is 18.5 Å². The lowest BCUT2D eigenvalue weighted by atomic mass is 9.45. The van der Waals surface area contributed by atoms with Crippen LogP contribution in [0, 0.1) is 26.7 Å². The lowest BCUT2D eigenvalue weighted by molar-refractivity contribution is -0.148. The van der Waals surface area contributed by atoms with Crippen molar-refractivity contribution in [1.82, 2.24) is 10.2 Å². The molecular formula is C32H43IN2O7. The fourth-order valence-electron chi connectivity index (χ4n) is 7.06. The van der Waals surface area contributed by atoms with Crippen molar-refractivity contribution < 1.29 is 34.1 Å². The largest absolute Gasteiger partial charge is 0.493 e. The van der Waals surface area contributed by atoms with Crippen molar-refractivity contribution in [2.75, 3.05) is 26.8 Å². The number of fused-ring (bicyclic) bond motifs is 2. The maximum atomic E-state index is 13.8. The van der Waals surface area contributed by atoms with Gasteiger partial charge in [0.05, 0.1) is 23.3 Å². The van der Waals surface area contributed by atoms with Crippen LogP contribution in [0.3, 0.4) is 0 Å². The third-order valence-electron chi connectivity index (χ3n) is 9.57. The number of halogens is 1. The molecule has 3 N–H and O–H groups in total. The molecule has 2 amide bonds. The van der Waals surface area contributed by atoms with Crippen molar-refractivity contribution in [3.63, 3.8) is 0 Å². The Bertz CT molecular complexity index is 1210. The molecule has 4 aliphatic carbocycles. The van der Waals surface area contributed by atoms with Gasteiger partial charge in [-0.3, -0.25) is 14.4 Å². The Kier molecular flexibility index (Phi) is 10.7. The predicted molar refractivity (Wildman–Crippen MR) is 167 cm³/mol. The number of hydrogen-bond donors (Lipinski definition) is 3. The summed E-state index contributed by atoms with van der Waals surface area (Å²) in [5.74, 6) is 1.71. The summed E-state index contributed by atoms with van der Waals surface area (Å²) in [5.41, 5.74) is 1.01. The van der Waals surface area contributed by atoms with E-state index in [1.165, 1.54) is 7.11 Å². The SMILES string of the molecule is C=CCCC(=O)N(CC1CCC2CC1C2(C)C)C1CC(C(=O)NCCO)=CC(Oc2c(I)cc(C=O)cc2OC)C1O. The lowest BCUT2D eigenvalue weighted by Crippen LogP contribution is -2.59. The van der Waals surface area contributed by atoms with Crippen LogP contribution in [0.2, 0.25) is 0 Å². The number of aliphatic hydroxyl groups excluding tert-OH is 2. The molecule has 3 fully saturated rings. The second-order valence-electron chi connectivity index (χ2n) is 12.2. The molecule has 10 heteroatoms. The summed E-state index contributed by atoms with van der Waals surface area (Å²) < 4.78 is 12.4. The summed E-state index contributed by atoms with van der Waals surface area (Å²) in [6.45, 7) is 8.78. The number of aliphatic hydroxyl groups is 2. The fraction of sp³-hybridized carbons (Fsp3) is 0.594. The van der Waals surface area contributed by atoms with Crippen molar-refractivity contribution in [1.29, 1.82) is 0 Å². The molecule has 42 heavy (non-hydrogen) atoms. The number of carbonyl (C=O) groups excluding carboxylic acids is 3. The summed E-state index contributed by atoms with van der Waals surface area (Å²) in [4.78, 5) is 40.1. The number of aldehydes is 1. The number of nitrogens with one attached hydrogen (secondary N) is 1. The smallest absolute Gasteiger partial charge is 0.247 e. The average molecular weight is 695 g/mol. The van der Waals surface area contributed by atoms with Crippen LogP contribution in [0.4, 0.5) is 0 Å². The predicted octanol–water partition coefficient (Wildman–Crippen LogP) is 3.89. The van der Waals surface area contributed by atoms with Crippen LogP contribution in [-0.4, -0.2) is 78.3 Å². The van der Waals surface area contributed by atoms with E-state index < -0.39 is 18.2 Å². The van der Waals surface area contributed by atoms with Gasteiger partial charge in [0.2, 0.25) is 11.8 Å². The first-order valence-electron chi connectivity index (χ1n) is 14.7. The third-order valence-corrected chi connectivity index (χ3v) is 10.4. The first-order chi connectivity index (χ1) is 20.0. The normalized spacial score (nSPS) is 27.6. The topological polar surface area (TPSA) is 125 Å².